The minimum Gasteiger partial charge on any atom is -0.497 e. The summed E-state index contributed by atoms with van der Waals surface area (Å²) < 4.78 is 5.26. The summed E-state index contributed by atoms with van der Waals surface area (Å²) in [5.74, 6) is 0.686. The van der Waals surface area contributed by atoms with Crippen LogP contribution >= 0.6 is 0 Å². The fourth-order valence-corrected chi connectivity index (χ4v) is 3.69. The second kappa shape index (κ2) is 8.47. The van der Waals surface area contributed by atoms with E-state index in [1.54, 1.807) is 12.0 Å². The molecule has 0 bridgehead atoms. The number of likely N-dealkylation sites (N-methyl/N-ethyl adjacent to an activating group) is 1. The van der Waals surface area contributed by atoms with Crippen LogP contribution in [-0.4, -0.2) is 38.3 Å². The van der Waals surface area contributed by atoms with Crippen molar-refractivity contribution in [1.82, 2.24) is 0 Å². The van der Waals surface area contributed by atoms with Gasteiger partial charge in [-0.2, -0.15) is 0 Å². The molecule has 1 atom stereocenters. The standard InChI is InChI=1S/C24H25N3O3/c1-26(15-16-28)18-9-7-17(8-10-18)23-25-22-6-4-3-5-21(22)24(29)27(23)19-11-13-20(30-2)14-12-19/h3-14,23,25,28H,15-16H2,1-2H3/t23-/m0/s1. The number of nitrogens with one attached hydrogen (secondary N) is 1. The number of hydrogen-bond acceptors (Lipinski definition) is 5. The zero-order valence-electron chi connectivity index (χ0n) is 17.1. The van der Waals surface area contributed by atoms with Gasteiger partial charge in [-0.05, 0) is 54.1 Å². The molecule has 1 amide bonds. The molecule has 0 aliphatic carbocycles. The highest BCUT2D eigenvalue weighted by Crippen LogP contribution is 2.37. The summed E-state index contributed by atoms with van der Waals surface area (Å²) in [6.07, 6.45) is -0.349. The van der Waals surface area contributed by atoms with Crippen molar-refractivity contribution in [2.75, 3.05) is 42.4 Å². The van der Waals surface area contributed by atoms with E-state index in [-0.39, 0.29) is 18.7 Å². The van der Waals surface area contributed by atoms with E-state index in [9.17, 15) is 9.90 Å². The zero-order chi connectivity index (χ0) is 21.1. The summed E-state index contributed by atoms with van der Waals surface area (Å²) in [6, 6.07) is 23.1. The third-order valence-electron chi connectivity index (χ3n) is 5.36. The number of anilines is 3. The lowest BCUT2D eigenvalue weighted by atomic mass is 10.0. The number of fused-ring (bicyclic) bond motifs is 1. The summed E-state index contributed by atoms with van der Waals surface area (Å²) in [6.45, 7) is 0.657. The van der Waals surface area contributed by atoms with Crippen LogP contribution in [0, 0.1) is 0 Å². The van der Waals surface area contributed by atoms with Crippen molar-refractivity contribution in [2.24, 2.45) is 0 Å². The van der Waals surface area contributed by atoms with Gasteiger partial charge in [0.15, 0.2) is 0 Å². The molecule has 0 aromatic heterocycles. The van der Waals surface area contributed by atoms with Gasteiger partial charge in [-0.25, -0.2) is 0 Å². The van der Waals surface area contributed by atoms with Gasteiger partial charge in [0.1, 0.15) is 11.9 Å². The van der Waals surface area contributed by atoms with E-state index in [0.29, 0.717) is 12.1 Å². The maximum atomic E-state index is 13.4. The molecule has 0 fully saturated rings. The van der Waals surface area contributed by atoms with Gasteiger partial charge in [-0.15, -0.1) is 0 Å². The summed E-state index contributed by atoms with van der Waals surface area (Å²) in [7, 11) is 3.56. The van der Waals surface area contributed by atoms with E-state index in [1.165, 1.54) is 0 Å². The van der Waals surface area contributed by atoms with Crippen LogP contribution in [-0.2, 0) is 0 Å². The highest BCUT2D eigenvalue weighted by molar-refractivity contribution is 6.12. The monoisotopic (exact) mass is 403 g/mol. The predicted octanol–water partition coefficient (Wildman–Crippen LogP) is 3.89. The number of para-hydroxylation sites is 1. The lowest BCUT2D eigenvalue weighted by Crippen LogP contribution is -2.43. The molecule has 154 valence electrons. The van der Waals surface area contributed by atoms with Crippen molar-refractivity contribution < 1.29 is 14.6 Å². The fourth-order valence-electron chi connectivity index (χ4n) is 3.69. The molecule has 1 heterocycles. The predicted molar refractivity (Wildman–Crippen MR) is 119 cm³/mol. The second-order valence-electron chi connectivity index (χ2n) is 7.20. The SMILES string of the molecule is COc1ccc(N2C(=O)c3ccccc3N[C@@H]2c2ccc(N(C)CCO)cc2)cc1. The molecule has 2 N–H and O–H groups in total. The van der Waals surface area contributed by atoms with Crippen molar-refractivity contribution in [3.63, 3.8) is 0 Å². The Morgan fingerprint density at radius 1 is 1.03 bits per heavy atom. The summed E-state index contributed by atoms with van der Waals surface area (Å²) >= 11 is 0. The molecule has 3 aromatic rings. The number of amides is 1. The van der Waals surface area contributed by atoms with Crippen molar-refractivity contribution in [2.45, 2.75) is 6.17 Å². The van der Waals surface area contributed by atoms with Gasteiger partial charge in [0, 0.05) is 30.7 Å². The molecular formula is C24H25N3O3. The van der Waals surface area contributed by atoms with E-state index >= 15 is 0 Å². The molecule has 1 aliphatic rings. The molecule has 6 nitrogen and oxygen atoms in total. The Bertz CT molecular complexity index is 1020. The Hall–Kier alpha value is -3.51. The molecule has 0 saturated carbocycles. The van der Waals surface area contributed by atoms with Crippen LogP contribution in [0.4, 0.5) is 17.1 Å². The maximum Gasteiger partial charge on any atom is 0.262 e. The first-order chi connectivity index (χ1) is 14.6. The van der Waals surface area contributed by atoms with Crippen LogP contribution in [0.15, 0.2) is 72.8 Å². The third kappa shape index (κ3) is 3.69. The van der Waals surface area contributed by atoms with E-state index in [2.05, 4.69) is 5.32 Å². The minimum absolute atomic E-state index is 0.0546. The Morgan fingerprint density at radius 2 is 1.73 bits per heavy atom. The number of hydrogen-bond donors (Lipinski definition) is 2. The van der Waals surface area contributed by atoms with Crippen LogP contribution in [0.2, 0.25) is 0 Å². The number of carbonyl (C=O) groups is 1. The van der Waals surface area contributed by atoms with Gasteiger partial charge in [0.25, 0.3) is 5.91 Å². The number of nitrogens with zero attached hydrogens (tertiary/aromatic N) is 2. The summed E-state index contributed by atoms with van der Waals surface area (Å²) in [5, 5.41) is 12.7. The minimum atomic E-state index is -0.349. The number of aliphatic hydroxyl groups excluding tert-OH is 1. The Kier molecular flexibility index (Phi) is 5.59. The average molecular weight is 403 g/mol. The normalized spacial score (nSPS) is 15.4. The Morgan fingerprint density at radius 3 is 2.40 bits per heavy atom. The van der Waals surface area contributed by atoms with Crippen LogP contribution < -0.4 is 19.9 Å². The molecular weight excluding hydrogens is 378 g/mol. The number of aliphatic hydroxyl groups is 1. The van der Waals surface area contributed by atoms with Crippen LogP contribution in [0.5, 0.6) is 5.75 Å². The van der Waals surface area contributed by atoms with E-state index in [1.807, 2.05) is 84.7 Å². The fraction of sp³-hybridized carbons (Fsp3) is 0.208. The van der Waals surface area contributed by atoms with Gasteiger partial charge >= 0.3 is 0 Å². The van der Waals surface area contributed by atoms with Crippen molar-refractivity contribution >= 4 is 23.0 Å². The van der Waals surface area contributed by atoms with E-state index in [0.717, 1.165) is 28.4 Å². The van der Waals surface area contributed by atoms with Gasteiger partial charge < -0.3 is 20.1 Å². The Labute approximate surface area is 176 Å². The lowest BCUT2D eigenvalue weighted by molar-refractivity contribution is 0.0975. The molecule has 0 unspecified atom stereocenters. The maximum absolute atomic E-state index is 13.4. The average Bonchev–Trinajstić information content (AvgIpc) is 2.79. The number of methoxy groups -OCH3 is 1. The van der Waals surface area contributed by atoms with Gasteiger partial charge in [0.2, 0.25) is 0 Å². The number of carbonyl (C=O) groups excluding carboxylic acids is 1. The first kappa shape index (κ1) is 19.8. The molecule has 0 saturated heterocycles. The summed E-state index contributed by atoms with van der Waals surface area (Å²) in [4.78, 5) is 17.2. The van der Waals surface area contributed by atoms with Crippen LogP contribution in [0.1, 0.15) is 22.1 Å². The first-order valence-electron chi connectivity index (χ1n) is 9.87. The molecule has 3 aromatic carbocycles. The van der Waals surface area contributed by atoms with Crippen molar-refractivity contribution in [3.05, 3.63) is 83.9 Å². The largest absolute Gasteiger partial charge is 0.497 e. The van der Waals surface area contributed by atoms with Crippen molar-refractivity contribution in [3.8, 4) is 5.75 Å². The van der Waals surface area contributed by atoms with E-state index in [4.69, 9.17) is 4.74 Å². The van der Waals surface area contributed by atoms with Crippen molar-refractivity contribution in [1.29, 1.82) is 0 Å². The van der Waals surface area contributed by atoms with Gasteiger partial charge in [-0.1, -0.05) is 24.3 Å². The highest BCUT2D eigenvalue weighted by Gasteiger charge is 2.34. The van der Waals surface area contributed by atoms with Crippen LogP contribution in [0.3, 0.4) is 0 Å². The zero-order valence-corrected chi connectivity index (χ0v) is 17.1. The van der Waals surface area contributed by atoms with E-state index < -0.39 is 0 Å². The molecule has 0 spiro atoms. The number of ether oxygens (including phenoxy) is 1. The molecule has 30 heavy (non-hydrogen) atoms. The molecule has 1 aliphatic heterocycles. The second-order valence-corrected chi connectivity index (χ2v) is 7.20. The number of rotatable bonds is 6. The number of benzene rings is 3. The lowest BCUT2D eigenvalue weighted by Gasteiger charge is -2.38. The molecule has 0 radical (unpaired) electrons. The first-order valence-corrected chi connectivity index (χ1v) is 9.87. The quantitative estimate of drug-likeness (QED) is 0.654. The Balaban J connectivity index is 1.74. The van der Waals surface area contributed by atoms with Gasteiger partial charge in [0.05, 0.1) is 19.3 Å². The topological polar surface area (TPSA) is 65.0 Å². The molecule has 6 heteroatoms. The van der Waals surface area contributed by atoms with Crippen LogP contribution in [0.25, 0.3) is 0 Å². The highest BCUT2D eigenvalue weighted by atomic mass is 16.5. The smallest absolute Gasteiger partial charge is 0.262 e. The summed E-state index contributed by atoms with van der Waals surface area (Å²) in [5.41, 5.74) is 4.22. The van der Waals surface area contributed by atoms with Gasteiger partial charge in [-0.3, -0.25) is 9.69 Å². The molecule has 4 rings (SSSR count). The third-order valence-corrected chi connectivity index (χ3v) is 5.36.